The number of carbonyl (C=O) groups excluding carboxylic acids is 1. The molecule has 7 nitrogen and oxygen atoms in total. The van der Waals surface area contributed by atoms with E-state index >= 15 is 0 Å². The zero-order valence-electron chi connectivity index (χ0n) is 22.5. The number of rotatable bonds is 8. The molecule has 1 aliphatic carbocycles. The van der Waals surface area contributed by atoms with Crippen molar-refractivity contribution in [2.24, 2.45) is 5.92 Å². The van der Waals surface area contributed by atoms with E-state index in [4.69, 9.17) is 16.3 Å². The minimum absolute atomic E-state index is 0.0126. The van der Waals surface area contributed by atoms with Crippen LogP contribution in [0, 0.1) is 5.92 Å². The molecule has 0 spiro atoms. The van der Waals surface area contributed by atoms with Gasteiger partial charge in [0.25, 0.3) is 5.56 Å². The molecule has 1 amide bonds. The van der Waals surface area contributed by atoms with Crippen LogP contribution in [0.25, 0.3) is 11.8 Å². The van der Waals surface area contributed by atoms with Gasteiger partial charge in [-0.15, -0.1) is 0 Å². The van der Waals surface area contributed by atoms with Gasteiger partial charge in [-0.3, -0.25) is 24.0 Å². The van der Waals surface area contributed by atoms with Gasteiger partial charge in [0.2, 0.25) is 0 Å². The van der Waals surface area contributed by atoms with E-state index in [-0.39, 0.29) is 24.6 Å². The number of nitrogens with zero attached hydrogens (tertiary/aromatic N) is 4. The number of ether oxygens (including phenoxy) is 1. The predicted molar refractivity (Wildman–Crippen MR) is 150 cm³/mol. The zero-order valence-corrected chi connectivity index (χ0v) is 23.3. The first kappa shape index (κ1) is 28.9. The van der Waals surface area contributed by atoms with Crippen LogP contribution in [0.3, 0.4) is 0 Å². The Hall–Kier alpha value is -3.63. The standard InChI is InChI=1S/C30H30ClF3N4O3/c1-36(29(40)30(32,33)34)16-21-8-10-37(18-21)17-20-2-3-23-13-26(7-4-22(23)12-20)38-11-9-27(14-28(38)39)41-19-25-6-5-24(31)15-35-25/h2-3,5-6,9,11-15,21H,4,7-8,10,16-19H2,1H3/t21-/m1/s1. The molecule has 0 bridgehead atoms. The molecule has 0 N–H and O–H groups in total. The maximum atomic E-state index is 12.9. The summed E-state index contributed by atoms with van der Waals surface area (Å²) in [6, 6.07) is 13.0. The van der Waals surface area contributed by atoms with Gasteiger partial charge < -0.3 is 9.64 Å². The number of carbonyl (C=O) groups is 1. The Morgan fingerprint density at radius 3 is 2.73 bits per heavy atom. The van der Waals surface area contributed by atoms with Crippen molar-refractivity contribution < 1.29 is 22.7 Å². The summed E-state index contributed by atoms with van der Waals surface area (Å²) >= 11 is 5.86. The molecule has 11 heteroatoms. The number of halogens is 4. The van der Waals surface area contributed by atoms with E-state index in [1.807, 2.05) is 6.08 Å². The van der Waals surface area contributed by atoms with Crippen LogP contribution in [0.4, 0.5) is 13.2 Å². The average Bonchev–Trinajstić information content (AvgIpc) is 3.38. The number of alkyl halides is 3. The molecule has 1 aromatic carbocycles. The Morgan fingerprint density at radius 2 is 2.00 bits per heavy atom. The first-order chi connectivity index (χ1) is 19.5. The van der Waals surface area contributed by atoms with Crippen LogP contribution in [-0.4, -0.2) is 58.1 Å². The summed E-state index contributed by atoms with van der Waals surface area (Å²) in [5.41, 5.74) is 4.82. The molecule has 1 saturated heterocycles. The first-order valence-corrected chi connectivity index (χ1v) is 13.8. The highest BCUT2D eigenvalue weighted by Crippen LogP contribution is 2.29. The number of likely N-dealkylation sites (tertiary alicyclic amines) is 1. The zero-order chi connectivity index (χ0) is 29.1. The van der Waals surface area contributed by atoms with E-state index in [2.05, 4.69) is 28.1 Å². The maximum Gasteiger partial charge on any atom is 0.471 e. The van der Waals surface area contributed by atoms with Crippen molar-refractivity contribution in [1.29, 1.82) is 0 Å². The van der Waals surface area contributed by atoms with E-state index in [9.17, 15) is 22.8 Å². The summed E-state index contributed by atoms with van der Waals surface area (Å²) in [5, 5.41) is 0.545. The second kappa shape index (κ2) is 12.1. The van der Waals surface area contributed by atoms with E-state index in [1.165, 1.54) is 18.7 Å². The third kappa shape index (κ3) is 7.18. The second-order valence-corrected chi connectivity index (χ2v) is 11.0. The molecular formula is C30H30ClF3N4O3. The summed E-state index contributed by atoms with van der Waals surface area (Å²) in [6.07, 6.45) is 2.70. The lowest BCUT2D eigenvalue weighted by Crippen LogP contribution is -2.41. The highest BCUT2D eigenvalue weighted by Gasteiger charge is 2.42. The normalized spacial score (nSPS) is 17.2. The molecule has 0 saturated carbocycles. The van der Waals surface area contributed by atoms with Gasteiger partial charge in [0.15, 0.2) is 0 Å². The number of hydrogen-bond acceptors (Lipinski definition) is 5. The Morgan fingerprint density at radius 1 is 1.17 bits per heavy atom. The smallest absolute Gasteiger partial charge is 0.471 e. The fraction of sp³-hybridized carbons (Fsp3) is 0.367. The van der Waals surface area contributed by atoms with Crippen molar-refractivity contribution in [3.05, 3.63) is 92.6 Å². The first-order valence-electron chi connectivity index (χ1n) is 13.4. The van der Waals surface area contributed by atoms with Crippen LogP contribution < -0.4 is 10.3 Å². The van der Waals surface area contributed by atoms with Crippen molar-refractivity contribution in [3.63, 3.8) is 0 Å². The van der Waals surface area contributed by atoms with Crippen LogP contribution in [0.2, 0.25) is 5.02 Å². The van der Waals surface area contributed by atoms with Gasteiger partial charge in [0.1, 0.15) is 12.4 Å². The third-order valence-corrected chi connectivity index (χ3v) is 7.68. The molecule has 216 valence electrons. The molecule has 1 atom stereocenters. The Kier molecular flexibility index (Phi) is 8.51. The molecule has 1 aliphatic heterocycles. The number of benzene rings is 1. The van der Waals surface area contributed by atoms with Crippen molar-refractivity contribution in [3.8, 4) is 5.75 Å². The van der Waals surface area contributed by atoms with Crippen molar-refractivity contribution in [2.45, 2.75) is 38.6 Å². The van der Waals surface area contributed by atoms with E-state index in [0.717, 1.165) is 41.1 Å². The van der Waals surface area contributed by atoms with Crippen LogP contribution in [0.15, 0.2) is 59.7 Å². The predicted octanol–water partition coefficient (Wildman–Crippen LogP) is 5.26. The number of pyridine rings is 2. The summed E-state index contributed by atoms with van der Waals surface area (Å²) in [6.45, 7) is 2.45. The number of aryl methyl sites for hydroxylation is 1. The molecule has 2 aromatic heterocycles. The number of fused-ring (bicyclic) bond motifs is 1. The van der Waals surface area contributed by atoms with Gasteiger partial charge in [-0.25, -0.2) is 0 Å². The second-order valence-electron chi connectivity index (χ2n) is 10.6. The monoisotopic (exact) mass is 586 g/mol. The van der Waals surface area contributed by atoms with Gasteiger partial charge in [-0.1, -0.05) is 29.8 Å². The van der Waals surface area contributed by atoms with Crippen LogP contribution in [0.5, 0.6) is 5.75 Å². The molecule has 0 unspecified atom stereocenters. The van der Waals surface area contributed by atoms with Crippen LogP contribution in [-0.2, 0) is 24.4 Å². The summed E-state index contributed by atoms with van der Waals surface area (Å²) in [7, 11) is 1.21. The van der Waals surface area contributed by atoms with Gasteiger partial charge in [-0.05, 0) is 72.7 Å². The number of aromatic nitrogens is 2. The molecule has 5 rings (SSSR count). The van der Waals surface area contributed by atoms with Crippen molar-refractivity contribution in [2.75, 3.05) is 26.7 Å². The highest BCUT2D eigenvalue weighted by molar-refractivity contribution is 6.30. The largest absolute Gasteiger partial charge is 0.487 e. The topological polar surface area (TPSA) is 67.7 Å². The lowest BCUT2D eigenvalue weighted by molar-refractivity contribution is -0.184. The van der Waals surface area contributed by atoms with Gasteiger partial charge in [-0.2, -0.15) is 13.2 Å². The number of amides is 1. The third-order valence-electron chi connectivity index (χ3n) is 7.45. The number of allylic oxidation sites excluding steroid dienone is 1. The highest BCUT2D eigenvalue weighted by atomic mass is 35.5. The fourth-order valence-corrected chi connectivity index (χ4v) is 5.52. The van der Waals surface area contributed by atoms with E-state index < -0.39 is 12.1 Å². The molecular weight excluding hydrogens is 557 g/mol. The van der Waals surface area contributed by atoms with E-state index in [1.54, 1.807) is 35.2 Å². The van der Waals surface area contributed by atoms with Crippen LogP contribution >= 0.6 is 11.6 Å². The summed E-state index contributed by atoms with van der Waals surface area (Å²) in [4.78, 5) is 31.5. The SMILES string of the molecule is CN(C[C@H]1CCN(Cc2ccc3c(c2)CCC(n2ccc(OCc4ccc(Cl)cn4)cc2=O)=C3)C1)C(=O)C(F)(F)F. The molecule has 3 heterocycles. The Labute approximate surface area is 240 Å². The minimum atomic E-state index is -4.84. The summed E-state index contributed by atoms with van der Waals surface area (Å²) in [5.74, 6) is -1.32. The van der Waals surface area contributed by atoms with Gasteiger partial charge in [0, 0.05) is 50.8 Å². The molecule has 3 aromatic rings. The molecule has 2 aliphatic rings. The molecule has 0 radical (unpaired) electrons. The quantitative estimate of drug-likeness (QED) is 0.360. The van der Waals surface area contributed by atoms with Crippen molar-refractivity contribution >= 4 is 29.3 Å². The lowest BCUT2D eigenvalue weighted by Gasteiger charge is -2.23. The molecule has 41 heavy (non-hydrogen) atoms. The maximum absolute atomic E-state index is 12.9. The number of hydrogen-bond donors (Lipinski definition) is 0. The average molecular weight is 587 g/mol. The lowest BCUT2D eigenvalue weighted by atomic mass is 9.93. The van der Waals surface area contributed by atoms with Gasteiger partial charge >= 0.3 is 12.1 Å². The van der Waals surface area contributed by atoms with E-state index in [0.29, 0.717) is 36.0 Å². The van der Waals surface area contributed by atoms with Crippen LogP contribution in [0.1, 0.15) is 35.2 Å². The summed E-state index contributed by atoms with van der Waals surface area (Å²) < 4.78 is 45.4. The Bertz CT molecular complexity index is 1500. The molecule has 1 fully saturated rings. The fourth-order valence-electron chi connectivity index (χ4n) is 5.41. The minimum Gasteiger partial charge on any atom is -0.487 e. The Balaban J connectivity index is 1.18. The van der Waals surface area contributed by atoms with Gasteiger partial charge in [0.05, 0.1) is 10.7 Å². The van der Waals surface area contributed by atoms with Crippen molar-refractivity contribution in [1.82, 2.24) is 19.4 Å².